The van der Waals surface area contributed by atoms with Crippen LogP contribution in [0.4, 0.5) is 0 Å². The van der Waals surface area contributed by atoms with Crippen molar-refractivity contribution in [1.29, 1.82) is 0 Å². The third-order valence-electron chi connectivity index (χ3n) is 3.24. The van der Waals surface area contributed by atoms with Gasteiger partial charge in [0.15, 0.2) is 0 Å². The van der Waals surface area contributed by atoms with E-state index in [1.54, 1.807) is 0 Å². The molecule has 2 fully saturated rings. The largest absolute Gasteiger partial charge is 0.325 e. The number of rotatable bonds is 1. The van der Waals surface area contributed by atoms with Crippen LogP contribution in [0, 0.1) is 5.92 Å². The molecule has 64 valence electrons. The second-order valence-corrected chi connectivity index (χ2v) is 6.28. The molecule has 0 aromatic heterocycles. The van der Waals surface area contributed by atoms with Crippen molar-refractivity contribution in [2.24, 2.45) is 11.7 Å². The molecular formula is C9H17NS. The third-order valence-corrected chi connectivity index (χ3v) is 4.71. The van der Waals surface area contributed by atoms with Crippen LogP contribution in [0.25, 0.3) is 0 Å². The maximum absolute atomic E-state index is 6.21. The minimum atomic E-state index is 0.243. The predicted molar refractivity (Wildman–Crippen MR) is 50.8 cm³/mol. The SMILES string of the molecule is CC1(C)SCCC1C1(N)CC1. The molecule has 0 radical (unpaired) electrons. The Labute approximate surface area is 73.1 Å². The summed E-state index contributed by atoms with van der Waals surface area (Å²) in [5.74, 6) is 2.09. The van der Waals surface area contributed by atoms with Gasteiger partial charge in [-0.25, -0.2) is 0 Å². The molecule has 0 aromatic rings. The summed E-state index contributed by atoms with van der Waals surface area (Å²) in [6, 6.07) is 0. The first-order chi connectivity index (χ1) is 5.05. The highest BCUT2D eigenvalue weighted by Gasteiger charge is 2.53. The summed E-state index contributed by atoms with van der Waals surface area (Å²) in [4.78, 5) is 0. The molecule has 1 aliphatic carbocycles. The Balaban J connectivity index is 2.13. The van der Waals surface area contributed by atoms with Crippen molar-refractivity contribution in [2.75, 3.05) is 5.75 Å². The number of nitrogens with two attached hydrogens (primary N) is 1. The Hall–Kier alpha value is 0.310. The van der Waals surface area contributed by atoms with Gasteiger partial charge in [0.25, 0.3) is 0 Å². The van der Waals surface area contributed by atoms with E-state index in [4.69, 9.17) is 5.73 Å². The lowest BCUT2D eigenvalue weighted by molar-refractivity contribution is 0.341. The molecule has 1 atom stereocenters. The molecular weight excluding hydrogens is 154 g/mol. The van der Waals surface area contributed by atoms with Crippen molar-refractivity contribution >= 4 is 11.8 Å². The van der Waals surface area contributed by atoms with Gasteiger partial charge in [-0.3, -0.25) is 0 Å². The van der Waals surface area contributed by atoms with Gasteiger partial charge in [-0.2, -0.15) is 11.8 Å². The summed E-state index contributed by atoms with van der Waals surface area (Å²) in [6.45, 7) is 4.70. The standard InChI is InChI=1S/C9H17NS/c1-8(2)7(3-6-11-8)9(10)4-5-9/h7H,3-6,10H2,1-2H3. The van der Waals surface area contributed by atoms with E-state index in [2.05, 4.69) is 25.6 Å². The highest BCUT2D eigenvalue weighted by atomic mass is 32.2. The Morgan fingerprint density at radius 2 is 2.00 bits per heavy atom. The van der Waals surface area contributed by atoms with Crippen LogP contribution < -0.4 is 5.73 Å². The lowest BCUT2D eigenvalue weighted by Gasteiger charge is -2.31. The van der Waals surface area contributed by atoms with Crippen molar-refractivity contribution in [2.45, 2.75) is 43.4 Å². The van der Waals surface area contributed by atoms with E-state index in [9.17, 15) is 0 Å². The Kier molecular flexibility index (Phi) is 1.56. The molecule has 11 heavy (non-hydrogen) atoms. The Morgan fingerprint density at radius 3 is 2.36 bits per heavy atom. The second kappa shape index (κ2) is 2.17. The first-order valence-electron chi connectivity index (χ1n) is 4.47. The molecule has 2 aliphatic rings. The number of hydrogen-bond acceptors (Lipinski definition) is 2. The fourth-order valence-corrected chi connectivity index (χ4v) is 3.79. The van der Waals surface area contributed by atoms with Gasteiger partial charge in [-0.1, -0.05) is 13.8 Å². The van der Waals surface area contributed by atoms with E-state index in [0.29, 0.717) is 4.75 Å². The number of hydrogen-bond donors (Lipinski definition) is 1. The summed E-state index contributed by atoms with van der Waals surface area (Å²) in [5.41, 5.74) is 6.46. The highest BCUT2D eigenvalue weighted by molar-refractivity contribution is 8.00. The lowest BCUT2D eigenvalue weighted by atomic mass is 9.84. The summed E-state index contributed by atoms with van der Waals surface area (Å²) >= 11 is 2.09. The average molecular weight is 171 g/mol. The molecule has 0 aromatic carbocycles. The van der Waals surface area contributed by atoms with Crippen molar-refractivity contribution in [3.63, 3.8) is 0 Å². The van der Waals surface area contributed by atoms with Crippen LogP contribution >= 0.6 is 11.8 Å². The summed E-state index contributed by atoms with van der Waals surface area (Å²) < 4.78 is 0.450. The third kappa shape index (κ3) is 1.20. The normalized spacial score (nSPS) is 39.0. The van der Waals surface area contributed by atoms with E-state index < -0.39 is 0 Å². The molecule has 1 saturated carbocycles. The Morgan fingerprint density at radius 1 is 1.36 bits per heavy atom. The van der Waals surface area contributed by atoms with E-state index in [-0.39, 0.29) is 5.54 Å². The molecule has 1 heterocycles. The first kappa shape index (κ1) is 7.93. The molecule has 0 amide bonds. The maximum atomic E-state index is 6.21. The van der Waals surface area contributed by atoms with Crippen LogP contribution in [-0.2, 0) is 0 Å². The maximum Gasteiger partial charge on any atom is 0.0197 e. The van der Waals surface area contributed by atoms with Gasteiger partial charge >= 0.3 is 0 Å². The van der Waals surface area contributed by atoms with Crippen molar-refractivity contribution < 1.29 is 0 Å². The van der Waals surface area contributed by atoms with Gasteiger partial charge in [0.05, 0.1) is 0 Å². The molecule has 2 rings (SSSR count). The van der Waals surface area contributed by atoms with Crippen LogP contribution in [0.15, 0.2) is 0 Å². The minimum absolute atomic E-state index is 0.243. The van der Waals surface area contributed by atoms with E-state index in [0.717, 1.165) is 5.92 Å². The van der Waals surface area contributed by atoms with Crippen molar-refractivity contribution in [3.05, 3.63) is 0 Å². The first-order valence-corrected chi connectivity index (χ1v) is 5.46. The fraction of sp³-hybridized carbons (Fsp3) is 1.00. The summed E-state index contributed by atoms with van der Waals surface area (Å²) in [5, 5.41) is 0. The van der Waals surface area contributed by atoms with Crippen LogP contribution in [0.1, 0.15) is 33.1 Å². The van der Waals surface area contributed by atoms with Gasteiger partial charge in [0, 0.05) is 10.3 Å². The van der Waals surface area contributed by atoms with Gasteiger partial charge in [0.2, 0.25) is 0 Å². The monoisotopic (exact) mass is 171 g/mol. The Bertz CT molecular complexity index is 172. The zero-order chi connectivity index (χ0) is 8.11. The molecule has 2 N–H and O–H groups in total. The molecule has 1 aliphatic heterocycles. The smallest absolute Gasteiger partial charge is 0.0197 e. The van der Waals surface area contributed by atoms with Crippen LogP contribution in [0.2, 0.25) is 0 Å². The molecule has 0 spiro atoms. The van der Waals surface area contributed by atoms with Crippen LogP contribution in [-0.4, -0.2) is 16.0 Å². The summed E-state index contributed by atoms with van der Waals surface area (Å²) in [7, 11) is 0. The van der Waals surface area contributed by atoms with Crippen molar-refractivity contribution in [3.8, 4) is 0 Å². The summed E-state index contributed by atoms with van der Waals surface area (Å²) in [6.07, 6.45) is 3.87. The van der Waals surface area contributed by atoms with E-state index >= 15 is 0 Å². The van der Waals surface area contributed by atoms with E-state index in [1.165, 1.54) is 25.0 Å². The molecule has 2 heteroatoms. The zero-order valence-electron chi connectivity index (χ0n) is 7.39. The van der Waals surface area contributed by atoms with Gasteiger partial charge < -0.3 is 5.73 Å². The van der Waals surface area contributed by atoms with Crippen LogP contribution in [0.3, 0.4) is 0 Å². The highest BCUT2D eigenvalue weighted by Crippen LogP contribution is 2.54. The van der Waals surface area contributed by atoms with Crippen LogP contribution in [0.5, 0.6) is 0 Å². The van der Waals surface area contributed by atoms with Gasteiger partial charge in [-0.15, -0.1) is 0 Å². The molecule has 0 bridgehead atoms. The quantitative estimate of drug-likeness (QED) is 0.653. The minimum Gasteiger partial charge on any atom is -0.325 e. The fourth-order valence-electron chi connectivity index (χ4n) is 2.36. The molecule has 1 saturated heterocycles. The van der Waals surface area contributed by atoms with Gasteiger partial charge in [-0.05, 0) is 30.9 Å². The van der Waals surface area contributed by atoms with Gasteiger partial charge in [0.1, 0.15) is 0 Å². The number of thioether (sulfide) groups is 1. The predicted octanol–water partition coefficient (Wildman–Crippen LogP) is 2.01. The molecule has 1 nitrogen and oxygen atoms in total. The average Bonchev–Trinajstić information content (AvgIpc) is 2.50. The lowest BCUT2D eigenvalue weighted by Crippen LogP contribution is -2.40. The topological polar surface area (TPSA) is 26.0 Å². The zero-order valence-corrected chi connectivity index (χ0v) is 8.21. The molecule has 1 unspecified atom stereocenters. The second-order valence-electron chi connectivity index (χ2n) is 4.53. The van der Waals surface area contributed by atoms with E-state index in [1.807, 2.05) is 0 Å². The van der Waals surface area contributed by atoms with Crippen molar-refractivity contribution in [1.82, 2.24) is 0 Å².